The van der Waals surface area contributed by atoms with Gasteiger partial charge in [0.2, 0.25) is 0 Å². The van der Waals surface area contributed by atoms with E-state index in [1.807, 2.05) is 5.09 Å². The van der Waals surface area contributed by atoms with Crippen LogP contribution in [0.25, 0.3) is 0 Å². The first kappa shape index (κ1) is 17.0. The Kier molecular flexibility index (Phi) is 5.05. The van der Waals surface area contributed by atoms with E-state index < -0.39 is 7.75 Å². The minimum absolute atomic E-state index is 0.0753. The Hall–Kier alpha value is -2.34. The Morgan fingerprint density at radius 2 is 1.74 bits per heavy atom. The molecule has 0 aliphatic rings. The van der Waals surface area contributed by atoms with E-state index >= 15 is 0 Å². The number of hydrogen-bond acceptors (Lipinski definition) is 4. The first-order valence-electron chi connectivity index (χ1n) is 6.72. The molecule has 0 atom stereocenters. The van der Waals surface area contributed by atoms with Crippen LogP contribution >= 0.6 is 7.75 Å². The van der Waals surface area contributed by atoms with Crippen LogP contribution < -0.4 is 5.09 Å². The number of carbonyl (C=O) groups excluding carboxylic acids is 1. The molecule has 23 heavy (non-hydrogen) atoms. The maximum Gasteiger partial charge on any atom is 0.427 e. The third-order valence-corrected chi connectivity index (χ3v) is 3.65. The van der Waals surface area contributed by atoms with Gasteiger partial charge in [0.15, 0.2) is 5.78 Å². The molecule has 0 amide bonds. The molecule has 2 aromatic carbocycles. The number of phenolic OH excluding ortho intramolecular Hbond substituents is 2. The lowest BCUT2D eigenvalue weighted by molar-refractivity contribution is 0.0983. The molecule has 0 bridgehead atoms. The summed E-state index contributed by atoms with van der Waals surface area (Å²) in [5.41, 5.74) is 0.715. The fourth-order valence-corrected chi connectivity index (χ4v) is 2.63. The molecule has 0 heterocycles. The summed E-state index contributed by atoms with van der Waals surface area (Å²) >= 11 is 0. The van der Waals surface area contributed by atoms with Gasteiger partial charge >= 0.3 is 7.75 Å². The van der Waals surface area contributed by atoms with Crippen LogP contribution in [0.4, 0.5) is 5.69 Å². The Balaban J connectivity index is 2.17. The van der Waals surface area contributed by atoms with Gasteiger partial charge in [-0.05, 0) is 36.2 Å². The molecule has 122 valence electrons. The molecule has 0 radical (unpaired) electrons. The second-order valence-electron chi connectivity index (χ2n) is 4.98. The van der Waals surface area contributed by atoms with E-state index in [9.17, 15) is 19.6 Å². The molecule has 0 saturated heterocycles. The van der Waals surface area contributed by atoms with Gasteiger partial charge in [0.05, 0.1) is 5.69 Å². The largest absolute Gasteiger partial charge is 0.508 e. The normalized spacial score (nSPS) is 11.2. The second-order valence-corrected chi connectivity index (χ2v) is 6.29. The van der Waals surface area contributed by atoms with E-state index in [0.717, 1.165) is 11.6 Å². The van der Waals surface area contributed by atoms with Crippen molar-refractivity contribution in [3.05, 3.63) is 53.6 Å². The zero-order valence-corrected chi connectivity index (χ0v) is 12.9. The molecule has 8 heteroatoms. The lowest BCUT2D eigenvalue weighted by Gasteiger charge is -2.12. The zero-order valence-electron chi connectivity index (χ0n) is 12.0. The van der Waals surface area contributed by atoms with E-state index in [2.05, 4.69) is 0 Å². The van der Waals surface area contributed by atoms with Crippen molar-refractivity contribution in [3.8, 4) is 11.5 Å². The number of ketones is 1. The van der Waals surface area contributed by atoms with E-state index in [4.69, 9.17) is 9.79 Å². The van der Waals surface area contributed by atoms with Gasteiger partial charge in [0, 0.05) is 18.1 Å². The van der Waals surface area contributed by atoms with Crippen LogP contribution in [0, 0.1) is 0 Å². The topological polar surface area (TPSA) is 127 Å². The van der Waals surface area contributed by atoms with Gasteiger partial charge in [-0.15, -0.1) is 0 Å². The average Bonchev–Trinajstić information content (AvgIpc) is 2.43. The van der Waals surface area contributed by atoms with Crippen molar-refractivity contribution >= 4 is 19.2 Å². The number of phenols is 2. The van der Waals surface area contributed by atoms with Crippen LogP contribution in [0.15, 0.2) is 42.5 Å². The standard InChI is InChI=1S/C15H16NO6P/c17-11-3-1-2-10(8-11)4-7-15(19)13-6-5-12(18)9-14(13)16-23(20,21)22/h1-3,5-6,8-9,17-18H,4,7H2,(H3,16,20,21,22). The number of benzene rings is 2. The highest BCUT2D eigenvalue weighted by Gasteiger charge is 2.19. The van der Waals surface area contributed by atoms with Gasteiger partial charge in [0.1, 0.15) is 11.5 Å². The Morgan fingerprint density at radius 1 is 1.04 bits per heavy atom. The third-order valence-electron chi connectivity index (χ3n) is 3.12. The highest BCUT2D eigenvalue weighted by Crippen LogP contribution is 2.38. The summed E-state index contributed by atoms with van der Waals surface area (Å²) in [6.07, 6.45) is 0.452. The smallest absolute Gasteiger partial charge is 0.427 e. The molecule has 5 N–H and O–H groups in total. The van der Waals surface area contributed by atoms with Crippen molar-refractivity contribution < 1.29 is 29.4 Å². The number of anilines is 1. The maximum absolute atomic E-state index is 12.3. The average molecular weight is 337 g/mol. The summed E-state index contributed by atoms with van der Waals surface area (Å²) in [4.78, 5) is 30.3. The van der Waals surface area contributed by atoms with Crippen LogP contribution in [-0.4, -0.2) is 25.8 Å². The van der Waals surface area contributed by atoms with Gasteiger partial charge < -0.3 is 20.0 Å². The van der Waals surface area contributed by atoms with Crippen molar-refractivity contribution in [3.63, 3.8) is 0 Å². The molecule has 0 saturated carbocycles. The molecule has 2 aromatic rings. The van der Waals surface area contributed by atoms with Gasteiger partial charge in [-0.25, -0.2) is 4.57 Å². The van der Waals surface area contributed by atoms with Gasteiger partial charge in [-0.1, -0.05) is 12.1 Å². The van der Waals surface area contributed by atoms with Gasteiger partial charge in [-0.3, -0.25) is 9.88 Å². The number of Topliss-reactive ketones (excluding diaryl/α,β-unsaturated/α-hetero) is 1. The molecular weight excluding hydrogens is 321 g/mol. The van der Waals surface area contributed by atoms with Crippen molar-refractivity contribution in [1.29, 1.82) is 0 Å². The summed E-state index contributed by atoms with van der Waals surface area (Å²) in [5, 5.41) is 20.7. The summed E-state index contributed by atoms with van der Waals surface area (Å²) < 4.78 is 11.1. The lowest BCUT2D eigenvalue weighted by atomic mass is 10.0. The molecule has 0 aliphatic heterocycles. The summed E-state index contributed by atoms with van der Waals surface area (Å²) in [6.45, 7) is 0. The van der Waals surface area contributed by atoms with Crippen molar-refractivity contribution in [2.24, 2.45) is 0 Å². The summed E-state index contributed by atoms with van der Waals surface area (Å²) in [6, 6.07) is 10.1. The van der Waals surface area contributed by atoms with E-state index in [1.54, 1.807) is 18.2 Å². The fraction of sp³-hybridized carbons (Fsp3) is 0.133. The van der Waals surface area contributed by atoms with Crippen LogP contribution in [0.2, 0.25) is 0 Å². The predicted molar refractivity (Wildman–Crippen MR) is 84.5 cm³/mol. The third kappa shape index (κ3) is 5.10. The number of hydrogen-bond donors (Lipinski definition) is 5. The number of nitrogens with one attached hydrogen (secondary N) is 1. The molecular formula is C15H16NO6P. The Labute approximate surface area is 132 Å². The van der Waals surface area contributed by atoms with Crippen molar-refractivity contribution in [2.45, 2.75) is 12.8 Å². The summed E-state index contributed by atoms with van der Waals surface area (Å²) in [7, 11) is -4.60. The first-order valence-corrected chi connectivity index (χ1v) is 8.34. The zero-order chi connectivity index (χ0) is 17.0. The molecule has 0 unspecified atom stereocenters. The maximum atomic E-state index is 12.3. The van der Waals surface area contributed by atoms with E-state index in [1.165, 1.54) is 18.2 Å². The van der Waals surface area contributed by atoms with Gasteiger partial charge in [0.25, 0.3) is 0 Å². The predicted octanol–water partition coefficient (Wildman–Crippen LogP) is 2.42. The van der Waals surface area contributed by atoms with Crippen LogP contribution in [0.1, 0.15) is 22.3 Å². The van der Waals surface area contributed by atoms with E-state index in [-0.39, 0.29) is 35.0 Å². The number of rotatable bonds is 6. The Bertz CT molecular complexity index is 770. The number of aromatic hydroxyl groups is 2. The molecule has 0 aromatic heterocycles. The van der Waals surface area contributed by atoms with Gasteiger partial charge in [-0.2, -0.15) is 0 Å². The molecule has 2 rings (SSSR count). The highest BCUT2D eigenvalue weighted by atomic mass is 31.2. The monoisotopic (exact) mass is 337 g/mol. The quantitative estimate of drug-likeness (QED) is 0.404. The molecule has 0 fully saturated rings. The molecule has 0 aliphatic carbocycles. The SMILES string of the molecule is O=C(CCc1cccc(O)c1)c1ccc(O)cc1NP(=O)(O)O. The van der Waals surface area contributed by atoms with Crippen molar-refractivity contribution in [1.82, 2.24) is 0 Å². The van der Waals surface area contributed by atoms with Crippen LogP contribution in [-0.2, 0) is 11.0 Å². The minimum Gasteiger partial charge on any atom is -0.508 e. The first-order chi connectivity index (χ1) is 10.7. The van der Waals surface area contributed by atoms with Crippen LogP contribution in [0.5, 0.6) is 11.5 Å². The number of carbonyl (C=O) groups is 1. The molecule has 7 nitrogen and oxygen atoms in total. The highest BCUT2D eigenvalue weighted by molar-refractivity contribution is 7.53. The number of aryl methyl sites for hydroxylation is 1. The van der Waals surface area contributed by atoms with Crippen molar-refractivity contribution in [2.75, 3.05) is 5.09 Å². The second kappa shape index (κ2) is 6.83. The molecule has 0 spiro atoms. The minimum atomic E-state index is -4.60. The Morgan fingerprint density at radius 3 is 2.39 bits per heavy atom. The lowest BCUT2D eigenvalue weighted by Crippen LogP contribution is -2.06. The van der Waals surface area contributed by atoms with Crippen LogP contribution in [0.3, 0.4) is 0 Å². The fourth-order valence-electron chi connectivity index (χ4n) is 2.13. The summed E-state index contributed by atoms with van der Waals surface area (Å²) in [5.74, 6) is -0.460. The van der Waals surface area contributed by atoms with E-state index in [0.29, 0.717) is 6.42 Å².